The Morgan fingerprint density at radius 2 is 2.05 bits per heavy atom. The van der Waals surface area contributed by atoms with E-state index < -0.39 is 0 Å². The van der Waals surface area contributed by atoms with Crippen LogP contribution in [0.5, 0.6) is 0 Å². The van der Waals surface area contributed by atoms with Gasteiger partial charge >= 0.3 is 0 Å². The van der Waals surface area contributed by atoms with Gasteiger partial charge in [0.1, 0.15) is 5.82 Å². The van der Waals surface area contributed by atoms with Gasteiger partial charge in [-0.05, 0) is 13.8 Å². The fourth-order valence-corrected chi connectivity index (χ4v) is 1.52. The smallest absolute Gasteiger partial charge is 0.293 e. The lowest BCUT2D eigenvalue weighted by Crippen LogP contribution is -2.40. The molecule has 0 spiro atoms. The highest BCUT2D eigenvalue weighted by atomic mass is 16.2. The predicted molar refractivity (Wildman–Crippen MR) is 70.7 cm³/mol. The zero-order valence-electron chi connectivity index (χ0n) is 11.9. The minimum atomic E-state index is -0.336. The molecule has 1 aromatic heterocycles. The van der Waals surface area contributed by atoms with Gasteiger partial charge in [-0.3, -0.25) is 14.7 Å². The molecule has 0 bridgehead atoms. The number of carbonyl (C=O) groups is 2. The van der Waals surface area contributed by atoms with Crippen LogP contribution in [0.2, 0.25) is 0 Å². The number of hydrogen-bond acceptors (Lipinski definition) is 4. The SMILES string of the molecule is CCNC(=O)CN(CC)C(=O)c1n[nH]c(C(C)C)n1. The van der Waals surface area contributed by atoms with E-state index in [4.69, 9.17) is 0 Å². The van der Waals surface area contributed by atoms with Gasteiger partial charge in [-0.2, -0.15) is 0 Å². The van der Waals surface area contributed by atoms with Crippen LogP contribution in [0, 0.1) is 0 Å². The summed E-state index contributed by atoms with van der Waals surface area (Å²) in [5, 5.41) is 9.29. The Morgan fingerprint density at radius 3 is 2.53 bits per heavy atom. The molecule has 0 aliphatic heterocycles. The van der Waals surface area contributed by atoms with Crippen LogP contribution >= 0.6 is 0 Å². The summed E-state index contributed by atoms with van der Waals surface area (Å²) in [6.45, 7) is 8.56. The molecule has 0 atom stereocenters. The third kappa shape index (κ3) is 4.04. The van der Waals surface area contributed by atoms with Crippen molar-refractivity contribution < 1.29 is 9.59 Å². The molecule has 0 saturated carbocycles. The van der Waals surface area contributed by atoms with E-state index in [0.29, 0.717) is 18.9 Å². The van der Waals surface area contributed by atoms with Gasteiger partial charge in [-0.15, -0.1) is 5.10 Å². The van der Waals surface area contributed by atoms with Crippen LogP contribution < -0.4 is 5.32 Å². The topological polar surface area (TPSA) is 91.0 Å². The van der Waals surface area contributed by atoms with Crippen molar-refractivity contribution in [1.29, 1.82) is 0 Å². The number of aromatic nitrogens is 3. The maximum atomic E-state index is 12.2. The van der Waals surface area contributed by atoms with Gasteiger partial charge in [-0.1, -0.05) is 13.8 Å². The monoisotopic (exact) mass is 267 g/mol. The Kier molecular flexibility index (Phi) is 5.47. The molecule has 1 aromatic rings. The number of likely N-dealkylation sites (N-methyl/N-ethyl adjacent to an activating group) is 2. The Balaban J connectivity index is 2.74. The highest BCUT2D eigenvalue weighted by Crippen LogP contribution is 2.08. The summed E-state index contributed by atoms with van der Waals surface area (Å²) in [6, 6.07) is 0. The van der Waals surface area contributed by atoms with Crippen molar-refractivity contribution in [2.75, 3.05) is 19.6 Å². The van der Waals surface area contributed by atoms with Gasteiger partial charge in [-0.25, -0.2) is 4.98 Å². The van der Waals surface area contributed by atoms with Crippen LogP contribution in [0.15, 0.2) is 0 Å². The number of nitrogens with zero attached hydrogens (tertiary/aromatic N) is 3. The summed E-state index contributed by atoms with van der Waals surface area (Å²) in [5.41, 5.74) is 0. The van der Waals surface area contributed by atoms with Gasteiger partial charge < -0.3 is 10.2 Å². The number of H-pyrrole nitrogens is 1. The van der Waals surface area contributed by atoms with Gasteiger partial charge in [0.2, 0.25) is 11.7 Å². The van der Waals surface area contributed by atoms with Gasteiger partial charge in [0, 0.05) is 19.0 Å². The molecule has 19 heavy (non-hydrogen) atoms. The molecular weight excluding hydrogens is 246 g/mol. The molecule has 0 radical (unpaired) electrons. The summed E-state index contributed by atoms with van der Waals surface area (Å²) in [5.74, 6) is 0.425. The van der Waals surface area contributed by atoms with Crippen molar-refractivity contribution in [3.63, 3.8) is 0 Å². The van der Waals surface area contributed by atoms with E-state index in [-0.39, 0.29) is 30.1 Å². The first-order valence-corrected chi connectivity index (χ1v) is 6.47. The van der Waals surface area contributed by atoms with E-state index in [2.05, 4.69) is 20.5 Å². The highest BCUT2D eigenvalue weighted by molar-refractivity contribution is 5.93. The van der Waals surface area contributed by atoms with Crippen molar-refractivity contribution in [3.05, 3.63) is 11.6 Å². The zero-order valence-corrected chi connectivity index (χ0v) is 11.9. The summed E-state index contributed by atoms with van der Waals surface area (Å²) in [6.07, 6.45) is 0. The van der Waals surface area contributed by atoms with E-state index >= 15 is 0 Å². The lowest BCUT2D eigenvalue weighted by molar-refractivity contribution is -0.121. The lowest BCUT2D eigenvalue weighted by Gasteiger charge is -2.18. The molecule has 2 amide bonds. The second kappa shape index (κ2) is 6.86. The first kappa shape index (κ1) is 15.1. The van der Waals surface area contributed by atoms with Crippen LogP contribution in [0.3, 0.4) is 0 Å². The zero-order chi connectivity index (χ0) is 14.4. The lowest BCUT2D eigenvalue weighted by atomic mass is 10.2. The number of amides is 2. The molecule has 7 nitrogen and oxygen atoms in total. The van der Waals surface area contributed by atoms with Crippen LogP contribution in [0.25, 0.3) is 0 Å². The Bertz CT molecular complexity index is 441. The first-order chi connectivity index (χ1) is 8.99. The molecule has 0 unspecified atom stereocenters. The molecular formula is C12H21N5O2. The van der Waals surface area contributed by atoms with E-state index in [1.807, 2.05) is 27.7 Å². The molecule has 1 rings (SSSR count). The second-order valence-electron chi connectivity index (χ2n) is 4.47. The number of hydrogen-bond donors (Lipinski definition) is 2. The maximum Gasteiger partial charge on any atom is 0.293 e. The molecule has 1 heterocycles. The Morgan fingerprint density at radius 1 is 1.37 bits per heavy atom. The summed E-state index contributed by atoms with van der Waals surface area (Å²) in [7, 11) is 0. The first-order valence-electron chi connectivity index (χ1n) is 6.47. The van der Waals surface area contributed by atoms with Crippen LogP contribution in [0.1, 0.15) is 50.1 Å². The van der Waals surface area contributed by atoms with E-state index in [1.54, 1.807) is 0 Å². The second-order valence-corrected chi connectivity index (χ2v) is 4.47. The van der Waals surface area contributed by atoms with E-state index in [1.165, 1.54) is 4.90 Å². The van der Waals surface area contributed by atoms with E-state index in [0.717, 1.165) is 0 Å². The number of aromatic amines is 1. The van der Waals surface area contributed by atoms with Crippen LogP contribution in [0.4, 0.5) is 0 Å². The van der Waals surface area contributed by atoms with Crippen molar-refractivity contribution in [1.82, 2.24) is 25.4 Å². The Hall–Kier alpha value is -1.92. The Labute approximate surface area is 112 Å². The molecule has 0 fully saturated rings. The van der Waals surface area contributed by atoms with Crippen molar-refractivity contribution in [2.24, 2.45) is 0 Å². The normalized spacial score (nSPS) is 10.6. The fraction of sp³-hybridized carbons (Fsp3) is 0.667. The molecule has 0 aliphatic rings. The summed E-state index contributed by atoms with van der Waals surface area (Å²) < 4.78 is 0. The molecule has 7 heteroatoms. The molecule has 106 valence electrons. The quantitative estimate of drug-likeness (QED) is 0.786. The standard InChI is InChI=1S/C12H21N5O2/c1-5-13-9(18)7-17(6-2)12(19)11-14-10(8(3)4)15-16-11/h8H,5-7H2,1-4H3,(H,13,18)(H,14,15,16). The average molecular weight is 267 g/mol. The minimum Gasteiger partial charge on any atom is -0.355 e. The van der Waals surface area contributed by atoms with Crippen LogP contribution in [-0.2, 0) is 4.79 Å². The maximum absolute atomic E-state index is 12.2. The molecule has 2 N–H and O–H groups in total. The largest absolute Gasteiger partial charge is 0.355 e. The number of rotatable bonds is 6. The van der Waals surface area contributed by atoms with E-state index in [9.17, 15) is 9.59 Å². The van der Waals surface area contributed by atoms with Crippen molar-refractivity contribution >= 4 is 11.8 Å². The van der Waals surface area contributed by atoms with Crippen molar-refractivity contribution in [3.8, 4) is 0 Å². The predicted octanol–water partition coefficient (Wildman–Crippen LogP) is 0.526. The van der Waals surface area contributed by atoms with Crippen LogP contribution in [-0.4, -0.2) is 51.5 Å². The minimum absolute atomic E-state index is 0.0225. The number of carbonyl (C=O) groups excluding carboxylic acids is 2. The average Bonchev–Trinajstić information content (AvgIpc) is 2.85. The molecule has 0 aliphatic carbocycles. The summed E-state index contributed by atoms with van der Waals surface area (Å²) in [4.78, 5) is 29.2. The van der Waals surface area contributed by atoms with Crippen molar-refractivity contribution in [2.45, 2.75) is 33.6 Å². The van der Waals surface area contributed by atoms with Gasteiger partial charge in [0.15, 0.2) is 0 Å². The fourth-order valence-electron chi connectivity index (χ4n) is 1.52. The molecule has 0 aromatic carbocycles. The molecule has 0 saturated heterocycles. The van der Waals surface area contributed by atoms with Gasteiger partial charge in [0.05, 0.1) is 6.54 Å². The third-order valence-corrected chi connectivity index (χ3v) is 2.62. The number of nitrogens with one attached hydrogen (secondary N) is 2. The summed E-state index contributed by atoms with van der Waals surface area (Å²) >= 11 is 0. The third-order valence-electron chi connectivity index (χ3n) is 2.62. The van der Waals surface area contributed by atoms with Gasteiger partial charge in [0.25, 0.3) is 5.91 Å². The highest BCUT2D eigenvalue weighted by Gasteiger charge is 2.21.